The van der Waals surface area contributed by atoms with E-state index in [0.717, 1.165) is 25.3 Å². The van der Waals surface area contributed by atoms with Crippen LogP contribution in [0.3, 0.4) is 0 Å². The zero-order valence-corrected chi connectivity index (χ0v) is 11.7. The van der Waals surface area contributed by atoms with Crippen molar-refractivity contribution >= 4 is 10.9 Å². The van der Waals surface area contributed by atoms with Crippen LogP contribution in [0.1, 0.15) is 18.2 Å². The normalized spacial score (nSPS) is 11.1. The van der Waals surface area contributed by atoms with E-state index >= 15 is 0 Å². The van der Waals surface area contributed by atoms with Gasteiger partial charge in [-0.2, -0.15) is 0 Å². The van der Waals surface area contributed by atoms with E-state index in [2.05, 4.69) is 52.3 Å². The van der Waals surface area contributed by atoms with Crippen molar-refractivity contribution in [1.29, 1.82) is 0 Å². The molecule has 0 spiro atoms. The highest BCUT2D eigenvalue weighted by Gasteiger charge is 2.06. The van der Waals surface area contributed by atoms with Crippen molar-refractivity contribution in [3.63, 3.8) is 0 Å². The summed E-state index contributed by atoms with van der Waals surface area (Å²) in [6, 6.07) is 14.6. The van der Waals surface area contributed by atoms with Crippen molar-refractivity contribution in [1.82, 2.24) is 14.9 Å². The van der Waals surface area contributed by atoms with E-state index < -0.39 is 0 Å². The molecule has 0 saturated carbocycles. The van der Waals surface area contributed by atoms with Gasteiger partial charge in [0.05, 0.1) is 5.69 Å². The van der Waals surface area contributed by atoms with Crippen LogP contribution in [0.4, 0.5) is 0 Å². The van der Waals surface area contributed by atoms with Gasteiger partial charge in [0.2, 0.25) is 0 Å². The van der Waals surface area contributed by atoms with E-state index in [-0.39, 0.29) is 0 Å². The van der Waals surface area contributed by atoms with E-state index in [1.165, 1.54) is 16.5 Å². The van der Waals surface area contributed by atoms with E-state index in [1.54, 1.807) is 0 Å². The van der Waals surface area contributed by atoms with Crippen molar-refractivity contribution in [3.05, 3.63) is 66.1 Å². The van der Waals surface area contributed by atoms with Gasteiger partial charge in [0.15, 0.2) is 0 Å². The first-order valence-electron chi connectivity index (χ1n) is 7.06. The minimum absolute atomic E-state index is 0.798. The Labute approximate surface area is 119 Å². The Balaban J connectivity index is 1.74. The number of aryl methyl sites for hydroxylation is 1. The highest BCUT2D eigenvalue weighted by molar-refractivity contribution is 5.83. The average molecular weight is 265 g/mol. The molecule has 0 bridgehead atoms. The minimum atomic E-state index is 0.798. The third-order valence-corrected chi connectivity index (χ3v) is 3.56. The number of pyridine rings is 1. The van der Waals surface area contributed by atoms with Gasteiger partial charge in [-0.25, -0.2) is 0 Å². The molecule has 0 atom stereocenters. The molecule has 1 aromatic carbocycles. The molecule has 0 amide bonds. The first-order chi connectivity index (χ1) is 9.88. The summed E-state index contributed by atoms with van der Waals surface area (Å²) in [6.07, 6.45) is 4.08. The first-order valence-corrected chi connectivity index (χ1v) is 7.06. The smallest absolute Gasteiger partial charge is 0.0541 e. The van der Waals surface area contributed by atoms with Crippen LogP contribution in [0.5, 0.6) is 0 Å². The summed E-state index contributed by atoms with van der Waals surface area (Å²) >= 11 is 0. The summed E-state index contributed by atoms with van der Waals surface area (Å²) in [6.45, 7) is 4.84. The van der Waals surface area contributed by atoms with Gasteiger partial charge in [-0.3, -0.25) is 4.98 Å². The molecule has 20 heavy (non-hydrogen) atoms. The van der Waals surface area contributed by atoms with Crippen molar-refractivity contribution in [3.8, 4) is 0 Å². The summed E-state index contributed by atoms with van der Waals surface area (Å²) in [7, 11) is 0. The van der Waals surface area contributed by atoms with Crippen molar-refractivity contribution in [2.45, 2.75) is 26.6 Å². The van der Waals surface area contributed by atoms with Gasteiger partial charge in [-0.1, -0.05) is 24.3 Å². The van der Waals surface area contributed by atoms with Crippen LogP contribution >= 0.6 is 0 Å². The Hall–Kier alpha value is -2.13. The van der Waals surface area contributed by atoms with Crippen LogP contribution < -0.4 is 5.32 Å². The quantitative estimate of drug-likeness (QED) is 0.766. The third kappa shape index (κ3) is 2.58. The maximum absolute atomic E-state index is 4.33. The van der Waals surface area contributed by atoms with E-state index in [1.807, 2.05) is 24.4 Å². The molecule has 2 aromatic heterocycles. The lowest BCUT2D eigenvalue weighted by atomic mass is 10.2. The Morgan fingerprint density at radius 3 is 2.70 bits per heavy atom. The zero-order chi connectivity index (χ0) is 13.8. The molecule has 0 aliphatic rings. The second-order valence-electron chi connectivity index (χ2n) is 4.88. The van der Waals surface area contributed by atoms with Gasteiger partial charge < -0.3 is 9.88 Å². The Kier molecular flexibility index (Phi) is 3.79. The van der Waals surface area contributed by atoms with Crippen molar-refractivity contribution < 1.29 is 0 Å². The van der Waals surface area contributed by atoms with Gasteiger partial charge >= 0.3 is 0 Å². The number of hydrogen-bond donors (Lipinski definition) is 1. The van der Waals surface area contributed by atoms with Crippen LogP contribution in [0.2, 0.25) is 0 Å². The maximum atomic E-state index is 4.33. The number of fused-ring (bicyclic) bond motifs is 1. The second-order valence-corrected chi connectivity index (χ2v) is 4.88. The zero-order valence-electron chi connectivity index (χ0n) is 11.7. The van der Waals surface area contributed by atoms with Crippen LogP contribution in [-0.2, 0) is 19.6 Å². The number of nitrogens with one attached hydrogen (secondary N) is 1. The Morgan fingerprint density at radius 1 is 1.05 bits per heavy atom. The highest BCUT2D eigenvalue weighted by Crippen LogP contribution is 2.21. The fourth-order valence-electron chi connectivity index (χ4n) is 2.55. The standard InChI is InChI=1S/C17H19N3/c1-2-20-13-14(16-8-3-4-9-17(16)20)11-18-12-15-7-5-6-10-19-15/h3-10,13,18H,2,11-12H2,1H3. The van der Waals surface area contributed by atoms with Crippen molar-refractivity contribution in [2.75, 3.05) is 0 Å². The lowest BCUT2D eigenvalue weighted by Crippen LogP contribution is -2.13. The molecular formula is C17H19N3. The number of benzene rings is 1. The van der Waals surface area contributed by atoms with E-state index in [9.17, 15) is 0 Å². The first kappa shape index (κ1) is 12.9. The van der Waals surface area contributed by atoms with Crippen LogP contribution in [-0.4, -0.2) is 9.55 Å². The van der Waals surface area contributed by atoms with Crippen LogP contribution in [0.15, 0.2) is 54.9 Å². The Bertz CT molecular complexity index is 686. The predicted octanol–water partition coefficient (Wildman–Crippen LogP) is 3.35. The molecule has 3 aromatic rings. The second kappa shape index (κ2) is 5.88. The molecule has 3 rings (SSSR count). The van der Waals surface area contributed by atoms with Crippen LogP contribution in [0, 0.1) is 0 Å². The summed E-state index contributed by atoms with van der Waals surface area (Å²) < 4.78 is 2.30. The summed E-state index contributed by atoms with van der Waals surface area (Å²) in [4.78, 5) is 4.33. The number of hydrogen-bond acceptors (Lipinski definition) is 2. The number of para-hydroxylation sites is 1. The SMILES string of the molecule is CCn1cc(CNCc2ccccn2)c2ccccc21. The number of aromatic nitrogens is 2. The van der Waals surface area contributed by atoms with Gasteiger partial charge in [0, 0.05) is 42.9 Å². The molecule has 2 heterocycles. The monoisotopic (exact) mass is 265 g/mol. The van der Waals surface area contributed by atoms with E-state index in [0.29, 0.717) is 0 Å². The molecule has 0 fully saturated rings. The molecule has 0 radical (unpaired) electrons. The van der Waals surface area contributed by atoms with Crippen molar-refractivity contribution in [2.24, 2.45) is 0 Å². The molecule has 3 heteroatoms. The van der Waals surface area contributed by atoms with Gasteiger partial charge in [-0.15, -0.1) is 0 Å². The molecule has 0 unspecified atom stereocenters. The highest BCUT2D eigenvalue weighted by atomic mass is 15.0. The topological polar surface area (TPSA) is 29.9 Å². The summed E-state index contributed by atoms with van der Waals surface area (Å²) in [5.41, 5.74) is 3.73. The minimum Gasteiger partial charge on any atom is -0.347 e. The van der Waals surface area contributed by atoms with Gasteiger partial charge in [-0.05, 0) is 30.7 Å². The number of nitrogens with zero attached hydrogens (tertiary/aromatic N) is 2. The van der Waals surface area contributed by atoms with E-state index in [4.69, 9.17) is 0 Å². The Morgan fingerprint density at radius 2 is 1.90 bits per heavy atom. The molecule has 0 aliphatic carbocycles. The fraction of sp³-hybridized carbons (Fsp3) is 0.235. The predicted molar refractivity (Wildman–Crippen MR) is 82.4 cm³/mol. The molecule has 102 valence electrons. The lowest BCUT2D eigenvalue weighted by molar-refractivity contribution is 0.678. The largest absolute Gasteiger partial charge is 0.347 e. The molecule has 0 aliphatic heterocycles. The third-order valence-electron chi connectivity index (χ3n) is 3.56. The van der Waals surface area contributed by atoms with Crippen LogP contribution in [0.25, 0.3) is 10.9 Å². The molecule has 0 saturated heterocycles. The summed E-state index contributed by atoms with van der Waals surface area (Å²) in [5.74, 6) is 0. The van der Waals surface area contributed by atoms with Gasteiger partial charge in [0.25, 0.3) is 0 Å². The molecule has 3 nitrogen and oxygen atoms in total. The number of rotatable bonds is 5. The average Bonchev–Trinajstić information content (AvgIpc) is 2.87. The maximum Gasteiger partial charge on any atom is 0.0541 e. The fourth-order valence-corrected chi connectivity index (χ4v) is 2.55. The lowest BCUT2D eigenvalue weighted by Gasteiger charge is -2.03. The molecular weight excluding hydrogens is 246 g/mol. The summed E-state index contributed by atoms with van der Waals surface area (Å²) in [5, 5.41) is 4.81. The van der Waals surface area contributed by atoms with Gasteiger partial charge in [0.1, 0.15) is 0 Å². The molecule has 1 N–H and O–H groups in total.